The van der Waals surface area contributed by atoms with Crippen LogP contribution in [0.25, 0.3) is 5.57 Å². The van der Waals surface area contributed by atoms with Gasteiger partial charge in [0, 0.05) is 38.1 Å². The third-order valence-corrected chi connectivity index (χ3v) is 6.45. The summed E-state index contributed by atoms with van der Waals surface area (Å²) in [4.78, 5) is 22.6. The molecule has 4 rings (SSSR count). The van der Waals surface area contributed by atoms with Gasteiger partial charge in [-0.05, 0) is 41.0 Å². The quantitative estimate of drug-likeness (QED) is 0.643. The number of carbonyl (C=O) groups excluding carboxylic acids is 1. The Morgan fingerprint density at radius 3 is 2.71 bits per heavy atom. The Morgan fingerprint density at radius 1 is 1.14 bits per heavy atom. The number of benzene rings is 1. The number of hydrogen-bond acceptors (Lipinski definition) is 3. The highest BCUT2D eigenvalue weighted by molar-refractivity contribution is 7.10. The molecule has 28 heavy (non-hydrogen) atoms. The van der Waals surface area contributed by atoms with Crippen molar-refractivity contribution in [1.29, 1.82) is 0 Å². The highest BCUT2D eigenvalue weighted by Crippen LogP contribution is 2.24. The molecule has 2 aliphatic rings. The zero-order chi connectivity index (χ0) is 19.3. The molecule has 2 aliphatic heterocycles. The van der Waals surface area contributed by atoms with Gasteiger partial charge in [0.05, 0.1) is 6.54 Å². The molecule has 0 atom stereocenters. The molecule has 0 saturated heterocycles. The van der Waals surface area contributed by atoms with E-state index in [2.05, 4.69) is 57.0 Å². The summed E-state index contributed by atoms with van der Waals surface area (Å²) in [6, 6.07) is 12.7. The first-order chi connectivity index (χ1) is 13.7. The molecule has 1 aromatic carbocycles. The monoisotopic (exact) mass is 394 g/mol. The van der Waals surface area contributed by atoms with Gasteiger partial charge in [0.25, 0.3) is 0 Å². The summed E-state index contributed by atoms with van der Waals surface area (Å²) in [6.45, 7) is 3.53. The second-order valence-electron chi connectivity index (χ2n) is 7.13. The third kappa shape index (κ3) is 4.12. The van der Waals surface area contributed by atoms with E-state index in [0.717, 1.165) is 45.0 Å². The molecule has 0 aliphatic carbocycles. The van der Waals surface area contributed by atoms with E-state index in [9.17, 15) is 4.79 Å². The predicted molar refractivity (Wildman–Crippen MR) is 115 cm³/mol. The van der Waals surface area contributed by atoms with Gasteiger partial charge in [0.15, 0.2) is 5.96 Å². The number of carbonyl (C=O) groups is 1. The molecule has 5 nitrogen and oxygen atoms in total. The van der Waals surface area contributed by atoms with Gasteiger partial charge in [0.2, 0.25) is 5.91 Å². The highest BCUT2D eigenvalue weighted by atomic mass is 32.1. The van der Waals surface area contributed by atoms with Gasteiger partial charge < -0.3 is 15.1 Å². The SMILES string of the molecule is CN=C(NCC(=O)N1CCc2sccc2C1)N1CC=C(c2ccccc2)CC1. The van der Waals surface area contributed by atoms with Crippen molar-refractivity contribution in [3.63, 3.8) is 0 Å². The van der Waals surface area contributed by atoms with Crippen LogP contribution in [0.5, 0.6) is 0 Å². The molecule has 1 amide bonds. The summed E-state index contributed by atoms with van der Waals surface area (Å²) in [5, 5.41) is 5.38. The second-order valence-corrected chi connectivity index (χ2v) is 8.13. The number of nitrogens with one attached hydrogen (secondary N) is 1. The first-order valence-corrected chi connectivity index (χ1v) is 10.7. The van der Waals surface area contributed by atoms with E-state index in [1.54, 1.807) is 18.4 Å². The molecular weight excluding hydrogens is 368 g/mol. The number of amides is 1. The average molecular weight is 395 g/mol. The molecule has 2 aromatic rings. The maximum atomic E-state index is 12.7. The Kier molecular flexibility index (Phi) is 5.76. The molecule has 146 valence electrons. The predicted octanol–water partition coefficient (Wildman–Crippen LogP) is 3.00. The molecule has 0 unspecified atom stereocenters. The maximum absolute atomic E-state index is 12.7. The van der Waals surface area contributed by atoms with Crippen molar-refractivity contribution in [2.75, 3.05) is 33.2 Å². The topological polar surface area (TPSA) is 47.9 Å². The van der Waals surface area contributed by atoms with E-state index in [1.807, 2.05) is 11.0 Å². The van der Waals surface area contributed by atoms with Crippen molar-refractivity contribution in [2.45, 2.75) is 19.4 Å². The van der Waals surface area contributed by atoms with Crippen LogP contribution in [-0.2, 0) is 17.8 Å². The fraction of sp³-hybridized carbons (Fsp3) is 0.364. The Labute approximate surface area is 170 Å². The van der Waals surface area contributed by atoms with Crippen LogP contribution >= 0.6 is 11.3 Å². The summed E-state index contributed by atoms with van der Waals surface area (Å²) < 4.78 is 0. The van der Waals surface area contributed by atoms with Crippen LogP contribution in [-0.4, -0.2) is 54.9 Å². The summed E-state index contributed by atoms with van der Waals surface area (Å²) in [7, 11) is 1.78. The molecule has 0 spiro atoms. The summed E-state index contributed by atoms with van der Waals surface area (Å²) in [6.07, 6.45) is 4.20. The van der Waals surface area contributed by atoms with Crippen LogP contribution in [0.15, 0.2) is 52.8 Å². The zero-order valence-corrected chi connectivity index (χ0v) is 17.0. The summed E-state index contributed by atoms with van der Waals surface area (Å²) in [5.74, 6) is 0.931. The van der Waals surface area contributed by atoms with Crippen LogP contribution in [0.3, 0.4) is 0 Å². The minimum Gasteiger partial charge on any atom is -0.347 e. The van der Waals surface area contributed by atoms with Gasteiger partial charge in [-0.15, -0.1) is 11.3 Å². The molecule has 0 fully saturated rings. The maximum Gasteiger partial charge on any atom is 0.242 e. The largest absolute Gasteiger partial charge is 0.347 e. The minimum absolute atomic E-state index is 0.135. The van der Waals surface area contributed by atoms with Crippen molar-refractivity contribution < 1.29 is 4.79 Å². The standard InChI is InChI=1S/C22H26N4OS/c1-23-22(25-11-7-18(8-12-25)17-5-3-2-4-6-17)24-15-21(27)26-13-9-20-19(16-26)10-14-28-20/h2-7,10,14H,8-9,11-13,15-16H2,1H3,(H,23,24). The third-order valence-electron chi connectivity index (χ3n) is 5.42. The number of aliphatic imine (C=N–C) groups is 1. The second kappa shape index (κ2) is 8.61. The van der Waals surface area contributed by atoms with E-state index in [1.165, 1.54) is 21.6 Å². The fourth-order valence-corrected chi connectivity index (χ4v) is 4.73. The van der Waals surface area contributed by atoms with Gasteiger partial charge in [-0.1, -0.05) is 36.4 Å². The number of thiophene rings is 1. The number of guanidine groups is 1. The van der Waals surface area contributed by atoms with E-state index in [4.69, 9.17) is 0 Å². The number of hydrogen-bond donors (Lipinski definition) is 1. The van der Waals surface area contributed by atoms with Crippen LogP contribution in [0.1, 0.15) is 22.4 Å². The van der Waals surface area contributed by atoms with Crippen molar-refractivity contribution in [2.24, 2.45) is 4.99 Å². The smallest absolute Gasteiger partial charge is 0.242 e. The lowest BCUT2D eigenvalue weighted by molar-refractivity contribution is -0.130. The van der Waals surface area contributed by atoms with Gasteiger partial charge in [-0.25, -0.2) is 0 Å². The van der Waals surface area contributed by atoms with E-state index in [0.29, 0.717) is 0 Å². The Hall–Kier alpha value is -2.60. The number of fused-ring (bicyclic) bond motifs is 1. The van der Waals surface area contributed by atoms with E-state index >= 15 is 0 Å². The molecule has 0 bridgehead atoms. The van der Waals surface area contributed by atoms with Gasteiger partial charge in [0.1, 0.15) is 0 Å². The molecule has 1 aromatic heterocycles. The Bertz CT molecular complexity index is 887. The molecular formula is C22H26N4OS. The van der Waals surface area contributed by atoms with Gasteiger partial charge in [-0.2, -0.15) is 0 Å². The molecule has 1 N–H and O–H groups in total. The van der Waals surface area contributed by atoms with Crippen LogP contribution in [0.4, 0.5) is 0 Å². The lowest BCUT2D eigenvalue weighted by Gasteiger charge is -2.31. The van der Waals surface area contributed by atoms with Crippen molar-refractivity contribution in [1.82, 2.24) is 15.1 Å². The van der Waals surface area contributed by atoms with E-state index in [-0.39, 0.29) is 12.5 Å². The molecule has 6 heteroatoms. The van der Waals surface area contributed by atoms with Gasteiger partial charge >= 0.3 is 0 Å². The lowest BCUT2D eigenvalue weighted by Crippen LogP contribution is -2.48. The van der Waals surface area contributed by atoms with Crippen molar-refractivity contribution in [3.8, 4) is 0 Å². The lowest BCUT2D eigenvalue weighted by atomic mass is 10.00. The number of nitrogens with zero attached hydrogens (tertiary/aromatic N) is 3. The average Bonchev–Trinajstić information content (AvgIpc) is 3.23. The Balaban J connectivity index is 1.31. The van der Waals surface area contributed by atoms with Crippen LogP contribution in [0, 0.1) is 0 Å². The van der Waals surface area contributed by atoms with Crippen LogP contribution in [0.2, 0.25) is 0 Å². The molecule has 3 heterocycles. The first-order valence-electron chi connectivity index (χ1n) is 9.77. The normalized spacial score (nSPS) is 17.2. The summed E-state index contributed by atoms with van der Waals surface area (Å²) in [5.41, 5.74) is 3.96. The number of rotatable bonds is 3. The molecule has 0 radical (unpaired) electrons. The minimum atomic E-state index is 0.135. The highest BCUT2D eigenvalue weighted by Gasteiger charge is 2.22. The zero-order valence-electron chi connectivity index (χ0n) is 16.2. The fourth-order valence-electron chi connectivity index (χ4n) is 3.84. The summed E-state index contributed by atoms with van der Waals surface area (Å²) >= 11 is 1.79. The molecule has 0 saturated carbocycles. The van der Waals surface area contributed by atoms with Crippen molar-refractivity contribution >= 4 is 28.8 Å². The van der Waals surface area contributed by atoms with Gasteiger partial charge in [-0.3, -0.25) is 9.79 Å². The Morgan fingerprint density at radius 2 is 1.96 bits per heavy atom. The van der Waals surface area contributed by atoms with Crippen LogP contribution < -0.4 is 5.32 Å². The van der Waals surface area contributed by atoms with Crippen molar-refractivity contribution in [3.05, 3.63) is 63.9 Å². The first kappa shape index (κ1) is 18.7. The van der Waals surface area contributed by atoms with E-state index < -0.39 is 0 Å².